The van der Waals surface area contributed by atoms with Crippen LogP contribution in [0, 0.1) is 0 Å². The Morgan fingerprint density at radius 2 is 1.95 bits per heavy atom. The van der Waals surface area contributed by atoms with Crippen LogP contribution in [-0.2, 0) is 14.6 Å². The largest absolute Gasteiger partial charge is 0.389 e. The first kappa shape index (κ1) is 14.4. The molecule has 1 fully saturated rings. The van der Waals surface area contributed by atoms with Gasteiger partial charge in [0.05, 0.1) is 23.4 Å². The molecule has 0 heterocycles. The lowest BCUT2D eigenvalue weighted by atomic mass is 9.96. The summed E-state index contributed by atoms with van der Waals surface area (Å²) in [6, 6.07) is 6.32. The molecule has 0 bridgehead atoms. The van der Waals surface area contributed by atoms with Crippen molar-refractivity contribution in [1.82, 2.24) is 0 Å². The van der Waals surface area contributed by atoms with Crippen LogP contribution >= 0.6 is 12.2 Å². The maximum absolute atomic E-state index is 12.1. The van der Waals surface area contributed by atoms with E-state index >= 15 is 0 Å². The lowest BCUT2D eigenvalue weighted by Crippen LogP contribution is -2.24. The minimum Gasteiger partial charge on any atom is -0.389 e. The minimum atomic E-state index is -3.29. The zero-order chi connectivity index (χ0) is 13.9. The van der Waals surface area contributed by atoms with Gasteiger partial charge >= 0.3 is 0 Å². The van der Waals surface area contributed by atoms with Crippen LogP contribution in [-0.4, -0.2) is 31.9 Å². The van der Waals surface area contributed by atoms with Crippen LogP contribution < -0.4 is 5.73 Å². The summed E-state index contributed by atoms with van der Waals surface area (Å²) in [5, 5.41) is 0. The first-order valence-corrected chi connectivity index (χ1v) is 8.29. The SMILES string of the molecule is NC(=S)c1ccc(S(=O)(=O)CCOC2CCC2)cc1. The van der Waals surface area contributed by atoms with Crippen molar-refractivity contribution < 1.29 is 13.2 Å². The Morgan fingerprint density at radius 1 is 1.32 bits per heavy atom. The molecule has 1 aromatic rings. The summed E-state index contributed by atoms with van der Waals surface area (Å²) < 4.78 is 29.6. The quantitative estimate of drug-likeness (QED) is 0.809. The highest BCUT2D eigenvalue weighted by Crippen LogP contribution is 2.22. The van der Waals surface area contributed by atoms with E-state index in [0.717, 1.165) is 12.8 Å². The highest BCUT2D eigenvalue weighted by Gasteiger charge is 2.20. The molecular weight excluding hydrogens is 282 g/mol. The first-order valence-electron chi connectivity index (χ1n) is 6.23. The van der Waals surface area contributed by atoms with E-state index in [9.17, 15) is 8.42 Å². The number of hydrogen-bond acceptors (Lipinski definition) is 4. The van der Waals surface area contributed by atoms with Crippen molar-refractivity contribution in [3.05, 3.63) is 29.8 Å². The Hall–Kier alpha value is -0.980. The molecule has 6 heteroatoms. The summed E-state index contributed by atoms with van der Waals surface area (Å²) in [4.78, 5) is 0.543. The van der Waals surface area contributed by atoms with Gasteiger partial charge in [-0.05, 0) is 31.4 Å². The number of hydrogen-bond donors (Lipinski definition) is 1. The van der Waals surface area contributed by atoms with Gasteiger partial charge in [0.1, 0.15) is 4.99 Å². The molecule has 2 N–H and O–H groups in total. The zero-order valence-corrected chi connectivity index (χ0v) is 12.2. The van der Waals surface area contributed by atoms with Crippen LogP contribution in [0.15, 0.2) is 29.2 Å². The minimum absolute atomic E-state index is 0.00984. The molecule has 1 saturated carbocycles. The molecular formula is C13H17NO3S2. The molecule has 0 aliphatic heterocycles. The molecule has 0 saturated heterocycles. The van der Waals surface area contributed by atoms with Gasteiger partial charge in [0.2, 0.25) is 0 Å². The summed E-state index contributed by atoms with van der Waals surface area (Å²) >= 11 is 4.83. The van der Waals surface area contributed by atoms with Gasteiger partial charge in [-0.3, -0.25) is 0 Å². The average Bonchev–Trinajstić information content (AvgIpc) is 2.32. The molecule has 0 amide bonds. The summed E-state index contributed by atoms with van der Waals surface area (Å²) in [5.41, 5.74) is 6.14. The summed E-state index contributed by atoms with van der Waals surface area (Å²) in [6.45, 7) is 0.254. The molecule has 4 nitrogen and oxygen atoms in total. The number of ether oxygens (including phenoxy) is 1. The van der Waals surface area contributed by atoms with Crippen LogP contribution in [0.4, 0.5) is 0 Å². The van der Waals surface area contributed by atoms with E-state index in [0.29, 0.717) is 5.56 Å². The van der Waals surface area contributed by atoms with Gasteiger partial charge in [-0.15, -0.1) is 0 Å². The van der Waals surface area contributed by atoms with Crippen molar-refractivity contribution in [1.29, 1.82) is 0 Å². The van der Waals surface area contributed by atoms with Crippen molar-refractivity contribution in [2.24, 2.45) is 5.73 Å². The van der Waals surface area contributed by atoms with Crippen LogP contribution in [0.3, 0.4) is 0 Å². The van der Waals surface area contributed by atoms with Gasteiger partial charge in [0, 0.05) is 5.56 Å². The standard InChI is InChI=1S/C13H17NO3S2/c14-13(18)10-4-6-12(7-5-10)19(15,16)9-8-17-11-2-1-3-11/h4-7,11H,1-3,8-9H2,(H2,14,18). The monoisotopic (exact) mass is 299 g/mol. The molecule has 0 aromatic heterocycles. The number of nitrogens with two attached hydrogens (primary N) is 1. The smallest absolute Gasteiger partial charge is 0.180 e. The number of sulfone groups is 1. The Labute approximate surface area is 118 Å². The van der Waals surface area contributed by atoms with Gasteiger partial charge in [-0.2, -0.15) is 0 Å². The molecule has 1 aliphatic rings. The Morgan fingerprint density at radius 3 is 2.42 bits per heavy atom. The number of thiocarbonyl (C=S) groups is 1. The van der Waals surface area contributed by atoms with Crippen LogP contribution in [0.1, 0.15) is 24.8 Å². The number of benzene rings is 1. The topological polar surface area (TPSA) is 69.4 Å². The van der Waals surface area contributed by atoms with Crippen molar-refractivity contribution in [2.45, 2.75) is 30.3 Å². The van der Waals surface area contributed by atoms with Gasteiger partial charge in [-0.25, -0.2) is 8.42 Å². The van der Waals surface area contributed by atoms with Crippen LogP contribution in [0.25, 0.3) is 0 Å². The van der Waals surface area contributed by atoms with E-state index in [1.54, 1.807) is 12.1 Å². The lowest BCUT2D eigenvalue weighted by molar-refractivity contribution is 0.0110. The van der Waals surface area contributed by atoms with Gasteiger partial charge in [0.15, 0.2) is 9.84 Å². The summed E-state index contributed by atoms with van der Waals surface area (Å²) in [6.07, 6.45) is 3.52. The zero-order valence-electron chi connectivity index (χ0n) is 10.5. The first-order chi connectivity index (χ1) is 8.99. The molecule has 1 aromatic carbocycles. The van der Waals surface area contributed by atoms with Crippen molar-refractivity contribution in [2.75, 3.05) is 12.4 Å². The Balaban J connectivity index is 1.95. The van der Waals surface area contributed by atoms with Crippen molar-refractivity contribution >= 4 is 27.0 Å². The van der Waals surface area contributed by atoms with E-state index in [2.05, 4.69) is 0 Å². The molecule has 2 rings (SSSR count). The second kappa shape index (κ2) is 5.98. The Kier molecular flexibility index (Phi) is 4.54. The van der Waals surface area contributed by atoms with Gasteiger partial charge in [-0.1, -0.05) is 24.4 Å². The predicted molar refractivity (Wildman–Crippen MR) is 78.0 cm³/mol. The molecule has 104 valence electrons. The lowest BCUT2D eigenvalue weighted by Gasteiger charge is -2.25. The van der Waals surface area contributed by atoms with Crippen LogP contribution in [0.2, 0.25) is 0 Å². The van der Waals surface area contributed by atoms with E-state index in [-0.39, 0.29) is 28.3 Å². The second-order valence-electron chi connectivity index (χ2n) is 4.63. The van der Waals surface area contributed by atoms with Gasteiger partial charge in [0.25, 0.3) is 0 Å². The van der Waals surface area contributed by atoms with E-state index in [1.165, 1.54) is 18.6 Å². The normalized spacial score (nSPS) is 16.0. The fourth-order valence-electron chi connectivity index (χ4n) is 1.81. The molecule has 0 atom stereocenters. The third-order valence-corrected chi connectivity index (χ3v) is 5.19. The third kappa shape index (κ3) is 3.75. The fourth-order valence-corrected chi connectivity index (χ4v) is 3.04. The summed E-state index contributed by atoms with van der Waals surface area (Å²) in [5.74, 6) is 0.00984. The molecule has 1 aliphatic carbocycles. The average molecular weight is 299 g/mol. The highest BCUT2D eigenvalue weighted by molar-refractivity contribution is 7.91. The second-order valence-corrected chi connectivity index (χ2v) is 7.18. The number of rotatable bonds is 6. The molecule has 0 spiro atoms. The highest BCUT2D eigenvalue weighted by atomic mass is 32.2. The van der Waals surface area contributed by atoms with Crippen molar-refractivity contribution in [3.8, 4) is 0 Å². The molecule has 19 heavy (non-hydrogen) atoms. The van der Waals surface area contributed by atoms with Crippen LogP contribution in [0.5, 0.6) is 0 Å². The van der Waals surface area contributed by atoms with E-state index in [1.807, 2.05) is 0 Å². The maximum atomic E-state index is 12.1. The molecule has 0 unspecified atom stereocenters. The van der Waals surface area contributed by atoms with E-state index in [4.69, 9.17) is 22.7 Å². The van der Waals surface area contributed by atoms with Crippen molar-refractivity contribution in [3.63, 3.8) is 0 Å². The van der Waals surface area contributed by atoms with E-state index < -0.39 is 9.84 Å². The molecule has 0 radical (unpaired) electrons. The van der Waals surface area contributed by atoms with Gasteiger partial charge < -0.3 is 10.5 Å². The fraction of sp³-hybridized carbons (Fsp3) is 0.462. The third-order valence-electron chi connectivity index (χ3n) is 3.26. The summed E-state index contributed by atoms with van der Waals surface area (Å²) in [7, 11) is -3.29. The maximum Gasteiger partial charge on any atom is 0.180 e. The predicted octanol–water partition coefficient (Wildman–Crippen LogP) is 1.66. The Bertz CT molecular complexity index is 548.